The number of hydrogen-bond acceptors (Lipinski definition) is 9. The normalized spacial score (nSPS) is 19.0. The van der Waals surface area contributed by atoms with Gasteiger partial charge in [0.25, 0.3) is 0 Å². The van der Waals surface area contributed by atoms with Crippen LogP contribution >= 0.6 is 27.3 Å². The molecule has 0 aliphatic carbocycles. The Morgan fingerprint density at radius 1 is 1.29 bits per heavy atom. The molecule has 1 unspecified atom stereocenters. The molecule has 0 saturated carbocycles. The molecule has 1 N–H and O–H groups in total. The van der Waals surface area contributed by atoms with Gasteiger partial charge in [-0.2, -0.15) is 0 Å². The number of carbonyl (C=O) groups excluding carboxylic acids is 2. The second-order valence-corrected chi connectivity index (χ2v) is 9.50. The van der Waals surface area contributed by atoms with Crippen LogP contribution in [0, 0.1) is 5.82 Å². The predicted molar refractivity (Wildman–Crippen MR) is 129 cm³/mol. The zero-order valence-electron chi connectivity index (χ0n) is 18.8. The molecule has 1 saturated heterocycles. The van der Waals surface area contributed by atoms with Crippen molar-refractivity contribution in [1.29, 1.82) is 0 Å². The molecule has 2 aliphatic rings. The molecular weight excluding hydrogens is 527 g/mol. The van der Waals surface area contributed by atoms with Gasteiger partial charge in [-0.1, -0.05) is 33.3 Å². The van der Waals surface area contributed by atoms with E-state index in [0.29, 0.717) is 64.9 Å². The number of amides is 1. The Hall–Kier alpha value is -2.70. The SMILES string of the molecule is CCOC(=O)C1=C(CN2CCN(C(C)=O)CC2)NC(c2nncs2)=NC1c1ccc(F)cc1Br. The average molecular weight is 551 g/mol. The monoisotopic (exact) mass is 550 g/mol. The molecule has 1 atom stereocenters. The highest BCUT2D eigenvalue weighted by Gasteiger charge is 2.35. The number of rotatable bonds is 6. The molecule has 3 heterocycles. The van der Waals surface area contributed by atoms with E-state index in [-0.39, 0.29) is 12.5 Å². The standard InChI is InChI=1S/C22H24BrFN6O3S/c1-3-33-22(32)18-17(11-29-6-8-30(9-7-29)13(2)31)26-20(21-28-25-12-34-21)27-19(18)15-5-4-14(24)10-16(15)23/h4-5,10,12,19H,3,6-9,11H2,1-2H3,(H,26,27). The number of aliphatic imine (C=N–C) groups is 1. The van der Waals surface area contributed by atoms with Crippen molar-refractivity contribution in [2.75, 3.05) is 39.3 Å². The number of carbonyl (C=O) groups is 2. The molecular formula is C22H24BrFN6O3S. The fourth-order valence-electron chi connectivity index (χ4n) is 3.95. The summed E-state index contributed by atoms with van der Waals surface area (Å²) >= 11 is 4.75. The number of aromatic nitrogens is 2. The van der Waals surface area contributed by atoms with Gasteiger partial charge in [0.15, 0.2) is 10.8 Å². The van der Waals surface area contributed by atoms with Gasteiger partial charge in [0.05, 0.1) is 12.2 Å². The van der Waals surface area contributed by atoms with Gasteiger partial charge < -0.3 is 15.0 Å². The largest absolute Gasteiger partial charge is 0.463 e. The van der Waals surface area contributed by atoms with Crippen LogP contribution in [0.25, 0.3) is 0 Å². The summed E-state index contributed by atoms with van der Waals surface area (Å²) in [6, 6.07) is 3.56. The summed E-state index contributed by atoms with van der Waals surface area (Å²) in [6.45, 7) is 6.49. The molecule has 1 aromatic heterocycles. The summed E-state index contributed by atoms with van der Waals surface area (Å²) in [7, 11) is 0. The van der Waals surface area contributed by atoms with Crippen molar-refractivity contribution in [3.05, 3.63) is 55.8 Å². The summed E-state index contributed by atoms with van der Waals surface area (Å²) in [5, 5.41) is 11.9. The number of piperazine rings is 1. The molecule has 2 aliphatic heterocycles. The van der Waals surface area contributed by atoms with Crippen molar-refractivity contribution < 1.29 is 18.7 Å². The van der Waals surface area contributed by atoms with E-state index in [9.17, 15) is 14.0 Å². The lowest BCUT2D eigenvalue weighted by Crippen LogP contribution is -2.50. The zero-order valence-corrected chi connectivity index (χ0v) is 21.2. The van der Waals surface area contributed by atoms with Gasteiger partial charge in [0.1, 0.15) is 17.4 Å². The van der Waals surface area contributed by atoms with Crippen LogP contribution in [0.1, 0.15) is 30.5 Å². The van der Waals surface area contributed by atoms with Crippen LogP contribution in [-0.2, 0) is 14.3 Å². The van der Waals surface area contributed by atoms with Crippen molar-refractivity contribution in [2.45, 2.75) is 19.9 Å². The van der Waals surface area contributed by atoms with Crippen molar-refractivity contribution in [2.24, 2.45) is 4.99 Å². The molecule has 12 heteroatoms. The summed E-state index contributed by atoms with van der Waals surface area (Å²) in [5.74, 6) is -0.361. The first-order valence-electron chi connectivity index (χ1n) is 10.8. The Bertz CT molecular complexity index is 1130. The minimum absolute atomic E-state index is 0.0498. The highest BCUT2D eigenvalue weighted by molar-refractivity contribution is 9.10. The number of benzene rings is 1. The Kier molecular flexibility index (Phi) is 7.69. The highest BCUT2D eigenvalue weighted by atomic mass is 79.9. The first kappa shape index (κ1) is 24.4. The molecule has 0 radical (unpaired) electrons. The predicted octanol–water partition coefficient (Wildman–Crippen LogP) is 2.51. The van der Waals surface area contributed by atoms with E-state index in [0.717, 1.165) is 0 Å². The lowest BCUT2D eigenvalue weighted by molar-refractivity contribution is -0.139. The fourth-order valence-corrected chi connectivity index (χ4v) is 5.02. The lowest BCUT2D eigenvalue weighted by Gasteiger charge is -2.36. The van der Waals surface area contributed by atoms with Crippen molar-refractivity contribution in [3.8, 4) is 0 Å². The van der Waals surface area contributed by atoms with Crippen LogP contribution in [-0.4, -0.2) is 77.0 Å². The maximum Gasteiger partial charge on any atom is 0.338 e. The summed E-state index contributed by atoms with van der Waals surface area (Å²) < 4.78 is 19.7. The van der Waals surface area contributed by atoms with Gasteiger partial charge in [-0.15, -0.1) is 10.2 Å². The van der Waals surface area contributed by atoms with Crippen LogP contribution in [0.2, 0.25) is 0 Å². The smallest absolute Gasteiger partial charge is 0.338 e. The molecule has 180 valence electrons. The number of halogens is 2. The minimum atomic E-state index is -0.734. The Morgan fingerprint density at radius 2 is 2.06 bits per heavy atom. The fraction of sp³-hybridized carbons (Fsp3) is 0.409. The van der Waals surface area contributed by atoms with Gasteiger partial charge in [-0.25, -0.2) is 9.18 Å². The van der Waals surface area contributed by atoms with Gasteiger partial charge in [0.2, 0.25) is 5.91 Å². The van der Waals surface area contributed by atoms with Crippen LogP contribution in [0.4, 0.5) is 4.39 Å². The quantitative estimate of drug-likeness (QED) is 0.551. The number of amidine groups is 1. The Labute approximate surface area is 208 Å². The van der Waals surface area contributed by atoms with Gasteiger partial charge in [-0.3, -0.25) is 14.7 Å². The van der Waals surface area contributed by atoms with Gasteiger partial charge in [-0.05, 0) is 24.6 Å². The zero-order chi connectivity index (χ0) is 24.2. The van der Waals surface area contributed by atoms with Crippen LogP contribution in [0.5, 0.6) is 0 Å². The maximum atomic E-state index is 13.8. The van der Waals surface area contributed by atoms with Crippen LogP contribution in [0.15, 0.2) is 44.4 Å². The van der Waals surface area contributed by atoms with Crippen LogP contribution < -0.4 is 5.32 Å². The van der Waals surface area contributed by atoms with E-state index in [4.69, 9.17) is 9.73 Å². The first-order chi connectivity index (χ1) is 16.4. The summed E-state index contributed by atoms with van der Waals surface area (Å²) in [4.78, 5) is 33.6. The number of ether oxygens (including phenoxy) is 1. The van der Waals surface area contributed by atoms with Crippen molar-refractivity contribution >= 4 is 45.0 Å². The van der Waals surface area contributed by atoms with Crippen molar-refractivity contribution in [3.63, 3.8) is 0 Å². The molecule has 34 heavy (non-hydrogen) atoms. The summed E-state index contributed by atoms with van der Waals surface area (Å²) in [5.41, 5.74) is 3.23. The third-order valence-electron chi connectivity index (χ3n) is 5.64. The summed E-state index contributed by atoms with van der Waals surface area (Å²) in [6.07, 6.45) is 0. The molecule has 1 aromatic carbocycles. The highest BCUT2D eigenvalue weighted by Crippen LogP contribution is 2.37. The topological polar surface area (TPSA) is 100 Å². The van der Waals surface area contributed by atoms with E-state index in [2.05, 4.69) is 36.3 Å². The number of nitrogens with zero attached hydrogens (tertiary/aromatic N) is 5. The third kappa shape index (κ3) is 5.34. The number of esters is 1. The number of nitrogens with one attached hydrogen (secondary N) is 1. The van der Waals surface area contributed by atoms with Crippen LogP contribution in [0.3, 0.4) is 0 Å². The maximum absolute atomic E-state index is 13.8. The molecule has 0 spiro atoms. The second kappa shape index (κ2) is 10.7. The van der Waals surface area contributed by atoms with E-state index in [1.165, 1.54) is 23.5 Å². The first-order valence-corrected chi connectivity index (χ1v) is 12.5. The van der Waals surface area contributed by atoms with Gasteiger partial charge in [0, 0.05) is 49.8 Å². The van der Waals surface area contributed by atoms with E-state index in [1.54, 1.807) is 30.3 Å². The molecule has 1 amide bonds. The molecule has 1 fully saturated rings. The van der Waals surface area contributed by atoms with Gasteiger partial charge >= 0.3 is 5.97 Å². The molecule has 9 nitrogen and oxygen atoms in total. The second-order valence-electron chi connectivity index (χ2n) is 7.81. The Balaban J connectivity index is 1.74. The van der Waals surface area contributed by atoms with E-state index < -0.39 is 17.8 Å². The van der Waals surface area contributed by atoms with E-state index >= 15 is 0 Å². The third-order valence-corrected chi connectivity index (χ3v) is 7.03. The molecule has 2 aromatic rings. The number of hydrogen-bond donors (Lipinski definition) is 1. The van der Waals surface area contributed by atoms with Crippen molar-refractivity contribution in [1.82, 2.24) is 25.3 Å². The van der Waals surface area contributed by atoms with E-state index in [1.807, 2.05) is 0 Å². The average Bonchev–Trinajstić information content (AvgIpc) is 3.34. The minimum Gasteiger partial charge on any atom is -0.463 e. The Morgan fingerprint density at radius 3 is 2.68 bits per heavy atom. The molecule has 0 bridgehead atoms. The lowest BCUT2D eigenvalue weighted by atomic mass is 9.95. The molecule has 4 rings (SSSR count).